The molecule has 0 aliphatic carbocycles. The van der Waals surface area contributed by atoms with Gasteiger partial charge in [-0.05, 0) is 6.42 Å². The lowest BCUT2D eigenvalue weighted by atomic mass is 10.2. The van der Waals surface area contributed by atoms with E-state index in [1.807, 2.05) is 0 Å². The minimum atomic E-state index is -3.10. The van der Waals surface area contributed by atoms with Crippen molar-refractivity contribution in [1.82, 2.24) is 9.80 Å². The Morgan fingerprint density at radius 3 is 2.52 bits per heavy atom. The van der Waals surface area contributed by atoms with Gasteiger partial charge in [0.05, 0.1) is 17.6 Å². The third-order valence-electron chi connectivity index (χ3n) is 4.18. The topological polar surface area (TPSA) is 104 Å². The van der Waals surface area contributed by atoms with E-state index in [9.17, 15) is 23.1 Å². The number of hydrogen-bond acceptors (Lipinski definition) is 5. The molecule has 3 atom stereocenters. The molecule has 21 heavy (non-hydrogen) atoms. The predicted octanol–water partition coefficient (Wildman–Crippen LogP) is -0.601. The summed E-state index contributed by atoms with van der Waals surface area (Å²) < 4.78 is 28.1. The molecule has 2 aliphatic rings. The van der Waals surface area contributed by atoms with E-state index in [2.05, 4.69) is 0 Å². The van der Waals surface area contributed by atoms with E-state index in [4.69, 9.17) is 4.74 Å². The van der Waals surface area contributed by atoms with Crippen molar-refractivity contribution >= 4 is 21.8 Å². The largest absolute Gasteiger partial charge is 0.480 e. The lowest BCUT2D eigenvalue weighted by molar-refractivity contribution is -0.141. The number of ether oxygens (including phenoxy) is 1. The maximum Gasteiger partial charge on any atom is 0.326 e. The van der Waals surface area contributed by atoms with Gasteiger partial charge in [0.25, 0.3) is 0 Å². The fourth-order valence-corrected chi connectivity index (χ4v) is 4.63. The maximum absolute atomic E-state index is 12.5. The molecule has 3 unspecified atom stereocenters. The second-order valence-electron chi connectivity index (χ2n) is 5.55. The standard InChI is InChI=1S/C12H20N2O6S/c1-13(8-3-4-21(18,19)7-8)12(17)14-6-9(20-2)5-10(14)11(15)16/h8-10H,3-7H2,1-2H3,(H,15,16). The Morgan fingerprint density at radius 2 is 2.05 bits per heavy atom. The molecule has 0 aromatic heterocycles. The molecule has 2 rings (SSSR count). The molecule has 2 saturated heterocycles. The van der Waals surface area contributed by atoms with E-state index in [0.29, 0.717) is 6.42 Å². The summed E-state index contributed by atoms with van der Waals surface area (Å²) in [5, 5.41) is 9.21. The molecule has 0 radical (unpaired) electrons. The summed E-state index contributed by atoms with van der Waals surface area (Å²) in [5.41, 5.74) is 0. The van der Waals surface area contributed by atoms with Crippen molar-refractivity contribution in [3.63, 3.8) is 0 Å². The lowest BCUT2D eigenvalue weighted by Crippen LogP contribution is -2.50. The van der Waals surface area contributed by atoms with E-state index in [-0.39, 0.29) is 30.6 Å². The number of aliphatic carboxylic acids is 1. The van der Waals surface area contributed by atoms with Gasteiger partial charge in [0, 0.05) is 33.2 Å². The summed E-state index contributed by atoms with van der Waals surface area (Å²) >= 11 is 0. The summed E-state index contributed by atoms with van der Waals surface area (Å²) in [7, 11) is -0.0985. The molecule has 2 amide bonds. The molecule has 0 aromatic rings. The van der Waals surface area contributed by atoms with Crippen molar-refractivity contribution in [2.75, 3.05) is 32.2 Å². The highest BCUT2D eigenvalue weighted by Gasteiger charge is 2.43. The van der Waals surface area contributed by atoms with Crippen LogP contribution >= 0.6 is 0 Å². The predicted molar refractivity (Wildman–Crippen MR) is 73.8 cm³/mol. The van der Waals surface area contributed by atoms with Gasteiger partial charge in [-0.2, -0.15) is 0 Å². The first kappa shape index (κ1) is 16.0. The molecule has 2 aliphatic heterocycles. The van der Waals surface area contributed by atoms with Gasteiger partial charge in [-0.25, -0.2) is 18.0 Å². The van der Waals surface area contributed by atoms with Crippen molar-refractivity contribution in [2.45, 2.75) is 31.0 Å². The molecule has 9 heteroatoms. The van der Waals surface area contributed by atoms with Crippen LogP contribution in [0.3, 0.4) is 0 Å². The molecular formula is C12H20N2O6S. The summed E-state index contributed by atoms with van der Waals surface area (Å²) in [5.74, 6) is -1.07. The highest BCUT2D eigenvalue weighted by atomic mass is 32.2. The monoisotopic (exact) mass is 320 g/mol. The zero-order chi connectivity index (χ0) is 15.8. The Bertz CT molecular complexity index is 534. The minimum Gasteiger partial charge on any atom is -0.480 e. The fraction of sp³-hybridized carbons (Fsp3) is 0.833. The average Bonchev–Trinajstić information content (AvgIpc) is 3.00. The highest BCUT2D eigenvalue weighted by molar-refractivity contribution is 7.91. The molecule has 0 spiro atoms. The molecule has 0 saturated carbocycles. The van der Waals surface area contributed by atoms with Gasteiger partial charge < -0.3 is 19.6 Å². The van der Waals surface area contributed by atoms with E-state index < -0.39 is 33.9 Å². The Labute approximate surface area is 123 Å². The lowest BCUT2D eigenvalue weighted by Gasteiger charge is -2.30. The highest BCUT2D eigenvalue weighted by Crippen LogP contribution is 2.24. The zero-order valence-electron chi connectivity index (χ0n) is 12.1. The zero-order valence-corrected chi connectivity index (χ0v) is 12.9. The number of sulfone groups is 1. The van der Waals surface area contributed by atoms with E-state index in [1.54, 1.807) is 0 Å². The molecule has 0 bridgehead atoms. The fourth-order valence-electron chi connectivity index (χ4n) is 2.85. The SMILES string of the molecule is COC1CC(C(=O)O)N(C(=O)N(C)C2CCS(=O)(=O)C2)C1. The summed E-state index contributed by atoms with van der Waals surface area (Å²) in [6.07, 6.45) is 0.328. The van der Waals surface area contributed by atoms with E-state index >= 15 is 0 Å². The number of hydrogen-bond donors (Lipinski definition) is 1. The maximum atomic E-state index is 12.5. The van der Waals surface area contributed by atoms with Crippen LogP contribution in [-0.4, -0.2) is 85.7 Å². The normalized spacial score (nSPS) is 31.3. The third kappa shape index (κ3) is 3.29. The number of nitrogens with zero attached hydrogens (tertiary/aromatic N) is 2. The van der Waals surface area contributed by atoms with E-state index in [1.165, 1.54) is 24.0 Å². The minimum absolute atomic E-state index is 0.0610. The number of rotatable bonds is 3. The molecule has 0 aromatic carbocycles. The molecule has 1 N–H and O–H groups in total. The van der Waals surface area contributed by atoms with Crippen LogP contribution in [0.25, 0.3) is 0 Å². The van der Waals surface area contributed by atoms with Crippen LogP contribution in [0.1, 0.15) is 12.8 Å². The molecule has 2 heterocycles. The van der Waals surface area contributed by atoms with Crippen LogP contribution in [0.4, 0.5) is 4.79 Å². The van der Waals surface area contributed by atoms with Gasteiger partial charge in [-0.1, -0.05) is 0 Å². The summed E-state index contributed by atoms with van der Waals surface area (Å²) in [6.45, 7) is 0.204. The van der Waals surface area contributed by atoms with Gasteiger partial charge in [0.2, 0.25) is 0 Å². The van der Waals surface area contributed by atoms with Gasteiger partial charge in [-0.15, -0.1) is 0 Å². The van der Waals surface area contributed by atoms with Crippen molar-refractivity contribution in [2.24, 2.45) is 0 Å². The van der Waals surface area contributed by atoms with Crippen LogP contribution in [0.15, 0.2) is 0 Å². The van der Waals surface area contributed by atoms with Crippen molar-refractivity contribution in [3.05, 3.63) is 0 Å². The van der Waals surface area contributed by atoms with Gasteiger partial charge in [0.1, 0.15) is 6.04 Å². The molecule has 120 valence electrons. The number of likely N-dealkylation sites (tertiary alicyclic amines) is 1. The smallest absolute Gasteiger partial charge is 0.326 e. The van der Waals surface area contributed by atoms with Crippen molar-refractivity contribution < 1.29 is 27.9 Å². The number of amides is 2. The van der Waals surface area contributed by atoms with Crippen LogP contribution < -0.4 is 0 Å². The average molecular weight is 320 g/mol. The van der Waals surface area contributed by atoms with Crippen LogP contribution in [0.2, 0.25) is 0 Å². The molecular weight excluding hydrogens is 300 g/mol. The molecule has 2 fully saturated rings. The number of carbonyl (C=O) groups excluding carboxylic acids is 1. The Hall–Kier alpha value is -1.35. The Morgan fingerprint density at radius 1 is 1.38 bits per heavy atom. The van der Waals surface area contributed by atoms with Gasteiger partial charge in [0.15, 0.2) is 9.84 Å². The van der Waals surface area contributed by atoms with Gasteiger partial charge in [-0.3, -0.25) is 0 Å². The first-order chi connectivity index (χ1) is 9.75. The molecule has 8 nitrogen and oxygen atoms in total. The second kappa shape index (κ2) is 5.80. The first-order valence-corrected chi connectivity index (χ1v) is 8.56. The third-order valence-corrected chi connectivity index (χ3v) is 5.94. The van der Waals surface area contributed by atoms with Crippen LogP contribution in [-0.2, 0) is 19.4 Å². The number of methoxy groups -OCH3 is 1. The van der Waals surface area contributed by atoms with Crippen molar-refractivity contribution in [3.8, 4) is 0 Å². The quantitative estimate of drug-likeness (QED) is 0.744. The van der Waals surface area contributed by atoms with Crippen molar-refractivity contribution in [1.29, 1.82) is 0 Å². The number of carbonyl (C=O) groups is 2. The first-order valence-electron chi connectivity index (χ1n) is 6.74. The van der Waals surface area contributed by atoms with E-state index in [0.717, 1.165) is 0 Å². The van der Waals surface area contributed by atoms with Crippen LogP contribution in [0.5, 0.6) is 0 Å². The Balaban J connectivity index is 2.09. The second-order valence-corrected chi connectivity index (χ2v) is 7.78. The van der Waals surface area contributed by atoms with Gasteiger partial charge >= 0.3 is 12.0 Å². The number of carboxylic acid groups (broad SMARTS) is 1. The number of urea groups is 1. The van der Waals surface area contributed by atoms with Crippen LogP contribution in [0, 0.1) is 0 Å². The summed E-state index contributed by atoms with van der Waals surface area (Å²) in [4.78, 5) is 26.3. The number of carboxylic acids is 1. The Kier molecular flexibility index (Phi) is 4.43. The summed E-state index contributed by atoms with van der Waals surface area (Å²) in [6, 6.07) is -1.77.